The predicted octanol–water partition coefficient (Wildman–Crippen LogP) is 2.98. The minimum absolute atomic E-state index is 0.0755. The average Bonchev–Trinajstić information content (AvgIpc) is 3.13. The zero-order valence-electron chi connectivity index (χ0n) is 19.9. The summed E-state index contributed by atoms with van der Waals surface area (Å²) in [5, 5.41) is 15.1. The molecule has 0 heterocycles. The van der Waals surface area contributed by atoms with E-state index in [2.05, 4.69) is 10.6 Å². The summed E-state index contributed by atoms with van der Waals surface area (Å²) in [6.07, 6.45) is -1.69. The van der Waals surface area contributed by atoms with Crippen molar-refractivity contribution in [2.75, 3.05) is 13.7 Å². The first-order chi connectivity index (χ1) is 16.2. The topological polar surface area (TPSA) is 114 Å². The number of hydrogen-bond acceptors (Lipinski definition) is 6. The van der Waals surface area contributed by atoms with Crippen LogP contribution in [-0.2, 0) is 19.1 Å². The second-order valence-corrected chi connectivity index (χ2v) is 8.90. The fraction of sp³-hybridized carbons (Fsp3) is 0.423. The first-order valence-electron chi connectivity index (χ1n) is 11.4. The van der Waals surface area contributed by atoms with Crippen molar-refractivity contribution in [3.05, 3.63) is 59.7 Å². The Balaban J connectivity index is 1.65. The molecule has 0 saturated heterocycles. The molecule has 2 amide bonds. The molecule has 3 N–H and O–H groups in total. The molecular weight excluding hydrogens is 436 g/mol. The summed E-state index contributed by atoms with van der Waals surface area (Å²) in [7, 11) is 1.24. The van der Waals surface area contributed by atoms with Gasteiger partial charge in [0.25, 0.3) is 0 Å². The molecule has 0 spiro atoms. The molecule has 3 atom stereocenters. The van der Waals surface area contributed by atoms with Crippen LogP contribution in [0.5, 0.6) is 0 Å². The lowest BCUT2D eigenvalue weighted by Gasteiger charge is -2.24. The number of hydrogen-bond donors (Lipinski definition) is 3. The fourth-order valence-corrected chi connectivity index (χ4v) is 4.26. The lowest BCUT2D eigenvalue weighted by molar-refractivity contribution is -0.146. The van der Waals surface area contributed by atoms with E-state index >= 15 is 0 Å². The summed E-state index contributed by atoms with van der Waals surface area (Å²) in [6.45, 7) is 5.27. The second-order valence-electron chi connectivity index (χ2n) is 8.90. The first kappa shape index (κ1) is 25.2. The number of rotatable bonds is 9. The average molecular weight is 469 g/mol. The van der Waals surface area contributed by atoms with Gasteiger partial charge in [0.2, 0.25) is 5.91 Å². The van der Waals surface area contributed by atoms with E-state index < -0.39 is 36.2 Å². The molecular formula is C26H32N2O6. The summed E-state index contributed by atoms with van der Waals surface area (Å²) in [5.74, 6) is -1.30. The molecule has 0 saturated carbocycles. The molecule has 182 valence electrons. The van der Waals surface area contributed by atoms with Gasteiger partial charge in [-0.1, -0.05) is 62.4 Å². The Morgan fingerprint density at radius 3 is 2.00 bits per heavy atom. The summed E-state index contributed by atoms with van der Waals surface area (Å²) in [6, 6.07) is 13.7. The molecule has 0 aromatic heterocycles. The van der Waals surface area contributed by atoms with E-state index in [0.717, 1.165) is 22.3 Å². The van der Waals surface area contributed by atoms with Gasteiger partial charge in [0.1, 0.15) is 18.7 Å². The number of aliphatic hydroxyl groups excluding tert-OH is 1. The molecule has 0 aliphatic heterocycles. The van der Waals surface area contributed by atoms with Gasteiger partial charge in [-0.3, -0.25) is 4.79 Å². The number of ether oxygens (including phenoxy) is 2. The molecule has 2 aromatic carbocycles. The Bertz CT molecular complexity index is 990. The number of alkyl carbamates (subject to hydrolysis) is 1. The van der Waals surface area contributed by atoms with Crippen LogP contribution in [0.3, 0.4) is 0 Å². The van der Waals surface area contributed by atoms with Crippen molar-refractivity contribution in [3.63, 3.8) is 0 Å². The molecule has 8 nitrogen and oxygen atoms in total. The maximum atomic E-state index is 12.8. The number of methoxy groups -OCH3 is 1. The maximum absolute atomic E-state index is 12.8. The van der Waals surface area contributed by atoms with Crippen molar-refractivity contribution in [2.24, 2.45) is 5.92 Å². The maximum Gasteiger partial charge on any atom is 0.407 e. The lowest BCUT2D eigenvalue weighted by Crippen LogP contribution is -2.56. The van der Waals surface area contributed by atoms with E-state index in [4.69, 9.17) is 9.47 Å². The molecule has 1 aliphatic rings. The largest absolute Gasteiger partial charge is 0.467 e. The van der Waals surface area contributed by atoms with Crippen LogP contribution >= 0.6 is 0 Å². The third-order valence-electron chi connectivity index (χ3n) is 5.89. The van der Waals surface area contributed by atoms with Gasteiger partial charge >= 0.3 is 12.1 Å². The number of nitrogens with one attached hydrogen (secondary N) is 2. The van der Waals surface area contributed by atoms with Gasteiger partial charge in [-0.2, -0.15) is 0 Å². The molecule has 0 bridgehead atoms. The molecule has 1 aliphatic carbocycles. The number of fused-ring (bicyclic) bond motifs is 3. The summed E-state index contributed by atoms with van der Waals surface area (Å²) in [4.78, 5) is 37.4. The SMILES string of the molecule is COC(=O)[C@H](CC(C)C)NC(=O)[C@@H](NC(=O)OCC1c2ccccc2-c2ccccc21)[C@@H](C)O. The van der Waals surface area contributed by atoms with E-state index in [9.17, 15) is 19.5 Å². The van der Waals surface area contributed by atoms with Gasteiger partial charge in [-0.15, -0.1) is 0 Å². The quantitative estimate of drug-likeness (QED) is 0.488. The third kappa shape index (κ3) is 5.75. The van der Waals surface area contributed by atoms with Crippen molar-refractivity contribution < 1.29 is 29.0 Å². The van der Waals surface area contributed by atoms with E-state index in [1.807, 2.05) is 62.4 Å². The fourth-order valence-electron chi connectivity index (χ4n) is 4.26. The highest BCUT2D eigenvalue weighted by Crippen LogP contribution is 2.44. The van der Waals surface area contributed by atoms with Crippen LogP contribution in [-0.4, -0.2) is 55.0 Å². The summed E-state index contributed by atoms with van der Waals surface area (Å²) < 4.78 is 10.2. The van der Waals surface area contributed by atoms with Crippen molar-refractivity contribution in [1.82, 2.24) is 10.6 Å². The van der Waals surface area contributed by atoms with Crippen LogP contribution in [0.15, 0.2) is 48.5 Å². The van der Waals surface area contributed by atoms with Gasteiger partial charge in [0, 0.05) is 5.92 Å². The highest BCUT2D eigenvalue weighted by Gasteiger charge is 2.32. The van der Waals surface area contributed by atoms with Gasteiger partial charge in [-0.25, -0.2) is 9.59 Å². The molecule has 2 aromatic rings. The van der Waals surface area contributed by atoms with Crippen LogP contribution in [0.25, 0.3) is 11.1 Å². The third-order valence-corrected chi connectivity index (χ3v) is 5.89. The zero-order chi connectivity index (χ0) is 24.8. The number of esters is 1. The monoisotopic (exact) mass is 468 g/mol. The number of carbonyl (C=O) groups is 3. The van der Waals surface area contributed by atoms with Crippen LogP contribution in [0.4, 0.5) is 4.79 Å². The minimum atomic E-state index is -1.30. The first-order valence-corrected chi connectivity index (χ1v) is 11.4. The van der Waals surface area contributed by atoms with Crippen molar-refractivity contribution in [3.8, 4) is 11.1 Å². The lowest BCUT2D eigenvalue weighted by atomic mass is 9.98. The molecule has 0 unspecified atom stereocenters. The van der Waals surface area contributed by atoms with Crippen LogP contribution < -0.4 is 10.6 Å². The van der Waals surface area contributed by atoms with Gasteiger partial charge in [0.05, 0.1) is 13.2 Å². The normalized spacial score (nSPS) is 15.0. The van der Waals surface area contributed by atoms with E-state index in [-0.39, 0.29) is 18.4 Å². The Hall–Kier alpha value is -3.39. The number of amides is 2. The Labute approximate surface area is 199 Å². The highest BCUT2D eigenvalue weighted by molar-refractivity contribution is 5.90. The van der Waals surface area contributed by atoms with E-state index in [1.165, 1.54) is 14.0 Å². The smallest absolute Gasteiger partial charge is 0.407 e. The Morgan fingerprint density at radius 1 is 0.941 bits per heavy atom. The summed E-state index contributed by atoms with van der Waals surface area (Å²) in [5.41, 5.74) is 4.34. The standard InChI is InChI=1S/C26H32N2O6/c1-15(2)13-22(25(31)33-4)27-24(30)23(16(3)29)28-26(32)34-14-21-19-11-7-5-9-17(19)18-10-6-8-12-20(18)21/h5-12,15-16,21-23,29H,13-14H2,1-4H3,(H,27,30)(H,28,32)/t16-,22+,23+/m1/s1. The highest BCUT2D eigenvalue weighted by atomic mass is 16.5. The van der Waals surface area contributed by atoms with Crippen LogP contribution in [0, 0.1) is 5.92 Å². The van der Waals surface area contributed by atoms with Gasteiger partial charge in [-0.05, 0) is 41.5 Å². The van der Waals surface area contributed by atoms with Gasteiger partial charge in [0.15, 0.2) is 0 Å². The number of carbonyl (C=O) groups excluding carboxylic acids is 3. The molecule has 34 heavy (non-hydrogen) atoms. The number of benzene rings is 2. The molecule has 3 rings (SSSR count). The number of aliphatic hydroxyl groups is 1. The Kier molecular flexibility index (Phi) is 8.28. The molecule has 8 heteroatoms. The van der Waals surface area contributed by atoms with Crippen molar-refractivity contribution in [1.29, 1.82) is 0 Å². The summed E-state index contributed by atoms with van der Waals surface area (Å²) >= 11 is 0. The van der Waals surface area contributed by atoms with Crippen LogP contribution in [0.2, 0.25) is 0 Å². The minimum Gasteiger partial charge on any atom is -0.467 e. The van der Waals surface area contributed by atoms with Gasteiger partial charge < -0.3 is 25.2 Å². The second kappa shape index (κ2) is 11.2. The van der Waals surface area contributed by atoms with E-state index in [1.54, 1.807) is 0 Å². The van der Waals surface area contributed by atoms with Crippen LogP contribution in [0.1, 0.15) is 44.2 Å². The zero-order valence-corrected chi connectivity index (χ0v) is 19.9. The predicted molar refractivity (Wildman–Crippen MR) is 127 cm³/mol. The Morgan fingerprint density at radius 2 is 1.50 bits per heavy atom. The molecule has 0 fully saturated rings. The van der Waals surface area contributed by atoms with Crippen molar-refractivity contribution in [2.45, 2.75) is 51.3 Å². The van der Waals surface area contributed by atoms with Crippen molar-refractivity contribution >= 4 is 18.0 Å². The molecule has 0 radical (unpaired) electrons. The van der Waals surface area contributed by atoms with E-state index in [0.29, 0.717) is 6.42 Å².